The van der Waals surface area contributed by atoms with Crippen molar-refractivity contribution in [3.8, 4) is 28.1 Å². The van der Waals surface area contributed by atoms with Gasteiger partial charge in [-0.1, -0.05) is 44.8 Å². The molecule has 0 amide bonds. The maximum atomic E-state index is 15.3. The third-order valence-corrected chi connectivity index (χ3v) is 6.93. The van der Waals surface area contributed by atoms with E-state index < -0.39 is 24.4 Å². The second-order valence-corrected chi connectivity index (χ2v) is 9.90. The molecular formula is C25H17Cl2F4N11. The van der Waals surface area contributed by atoms with Gasteiger partial charge in [-0.3, -0.25) is 9.67 Å². The predicted octanol–water partition coefficient (Wildman–Crippen LogP) is 5.33. The highest BCUT2D eigenvalue weighted by Gasteiger charge is 2.23. The molecule has 6 rings (SSSR count). The van der Waals surface area contributed by atoms with E-state index in [0.29, 0.717) is 32.8 Å². The summed E-state index contributed by atoms with van der Waals surface area (Å²) < 4.78 is 60.6. The van der Waals surface area contributed by atoms with Crippen LogP contribution in [0.3, 0.4) is 0 Å². The minimum absolute atomic E-state index is 0.110. The molecule has 42 heavy (non-hydrogen) atoms. The standard InChI is InChI=1S/C25H17Cl2F4N11/c1-39-23(24(29)36-37-39)15-9-34-40(11-15)19(6-13-7-33-42(10-13)25(30)31)17-4-2-14(8-32-17)21-18(5-3-16(26)22(21)28)41-12-20(27)35-38-41/h2-5,7-12,19,25H,6H2,1H3/t19-/m1/s1. The Morgan fingerprint density at radius 3 is 2.31 bits per heavy atom. The van der Waals surface area contributed by atoms with Gasteiger partial charge in [0.1, 0.15) is 5.69 Å². The van der Waals surface area contributed by atoms with E-state index in [0.717, 1.165) is 0 Å². The van der Waals surface area contributed by atoms with Crippen LogP contribution in [0.2, 0.25) is 10.2 Å². The first-order valence-corrected chi connectivity index (χ1v) is 12.9. The number of hydrogen-bond donors (Lipinski definition) is 0. The highest BCUT2D eigenvalue weighted by Crippen LogP contribution is 2.34. The van der Waals surface area contributed by atoms with Crippen LogP contribution in [-0.2, 0) is 13.5 Å². The molecule has 1 aromatic carbocycles. The zero-order valence-corrected chi connectivity index (χ0v) is 22.8. The Balaban J connectivity index is 1.41. The average molecular weight is 618 g/mol. The summed E-state index contributed by atoms with van der Waals surface area (Å²) in [5.74, 6) is -1.47. The van der Waals surface area contributed by atoms with E-state index in [1.807, 2.05) is 0 Å². The van der Waals surface area contributed by atoms with Gasteiger partial charge in [0.15, 0.2) is 11.0 Å². The summed E-state index contributed by atoms with van der Waals surface area (Å²) in [6.45, 7) is -2.81. The molecule has 11 nitrogen and oxygen atoms in total. The van der Waals surface area contributed by atoms with E-state index in [4.69, 9.17) is 23.2 Å². The van der Waals surface area contributed by atoms with Crippen molar-refractivity contribution in [1.29, 1.82) is 0 Å². The molecule has 6 aromatic rings. The first-order chi connectivity index (χ1) is 20.2. The number of benzene rings is 1. The smallest absolute Gasteiger partial charge is 0.263 e. The van der Waals surface area contributed by atoms with Gasteiger partial charge in [-0.05, 0) is 23.8 Å². The molecule has 0 bridgehead atoms. The van der Waals surface area contributed by atoms with Crippen LogP contribution in [0.15, 0.2) is 61.4 Å². The summed E-state index contributed by atoms with van der Waals surface area (Å²) in [6.07, 6.45) is 8.56. The summed E-state index contributed by atoms with van der Waals surface area (Å²) in [5, 5.41) is 22.9. The summed E-state index contributed by atoms with van der Waals surface area (Å²) in [7, 11) is 1.54. The van der Waals surface area contributed by atoms with Crippen LogP contribution in [0.5, 0.6) is 0 Å². The highest BCUT2D eigenvalue weighted by atomic mass is 35.5. The monoisotopic (exact) mass is 617 g/mol. The summed E-state index contributed by atoms with van der Waals surface area (Å²) >= 11 is 12.0. The zero-order valence-electron chi connectivity index (χ0n) is 21.3. The number of pyridine rings is 1. The molecular weight excluding hydrogens is 601 g/mol. The van der Waals surface area contributed by atoms with Crippen molar-refractivity contribution < 1.29 is 17.6 Å². The molecule has 214 valence electrons. The van der Waals surface area contributed by atoms with Crippen LogP contribution >= 0.6 is 23.2 Å². The van der Waals surface area contributed by atoms with Crippen LogP contribution in [0, 0.1) is 11.8 Å². The third-order valence-electron chi connectivity index (χ3n) is 6.47. The van der Waals surface area contributed by atoms with Crippen LogP contribution in [0.1, 0.15) is 23.8 Å². The molecule has 0 aliphatic carbocycles. The molecule has 0 aliphatic rings. The fourth-order valence-corrected chi connectivity index (χ4v) is 4.82. The van der Waals surface area contributed by atoms with Crippen molar-refractivity contribution in [3.05, 3.63) is 94.6 Å². The zero-order chi connectivity index (χ0) is 29.5. The van der Waals surface area contributed by atoms with Crippen LogP contribution in [0.25, 0.3) is 28.1 Å². The van der Waals surface area contributed by atoms with E-state index in [-0.39, 0.29) is 27.9 Å². The molecule has 0 saturated carbocycles. The third kappa shape index (κ3) is 5.12. The normalized spacial score (nSPS) is 12.4. The molecule has 1 atom stereocenters. The molecule has 0 radical (unpaired) electrons. The first kappa shape index (κ1) is 27.5. The summed E-state index contributed by atoms with van der Waals surface area (Å²) in [6, 6.07) is 5.58. The Morgan fingerprint density at radius 2 is 1.67 bits per heavy atom. The summed E-state index contributed by atoms with van der Waals surface area (Å²) in [5.41, 5.74) is 2.24. The lowest BCUT2D eigenvalue weighted by Crippen LogP contribution is -2.15. The van der Waals surface area contributed by atoms with Crippen LogP contribution in [0.4, 0.5) is 17.6 Å². The number of alkyl halides is 2. The van der Waals surface area contributed by atoms with Gasteiger partial charge in [-0.15, -0.1) is 5.10 Å². The van der Waals surface area contributed by atoms with E-state index >= 15 is 4.39 Å². The molecule has 17 heteroatoms. The lowest BCUT2D eigenvalue weighted by atomic mass is 10.0. The number of aryl methyl sites for hydroxylation is 1. The Bertz CT molecular complexity index is 1860. The maximum Gasteiger partial charge on any atom is 0.333 e. The van der Waals surface area contributed by atoms with Crippen molar-refractivity contribution in [2.24, 2.45) is 7.05 Å². The van der Waals surface area contributed by atoms with Gasteiger partial charge in [0.2, 0.25) is 0 Å². The van der Waals surface area contributed by atoms with Gasteiger partial charge in [0.05, 0.1) is 41.0 Å². The van der Waals surface area contributed by atoms with Gasteiger partial charge < -0.3 is 0 Å². The van der Waals surface area contributed by atoms with E-state index in [1.54, 1.807) is 24.4 Å². The van der Waals surface area contributed by atoms with Crippen molar-refractivity contribution >= 4 is 23.2 Å². The van der Waals surface area contributed by atoms with Crippen LogP contribution < -0.4 is 0 Å². The van der Waals surface area contributed by atoms with Crippen molar-refractivity contribution in [1.82, 2.24) is 54.5 Å². The predicted molar refractivity (Wildman–Crippen MR) is 142 cm³/mol. The number of hydrogen-bond acceptors (Lipinski definition) is 7. The Labute approximate surface area is 243 Å². The minimum Gasteiger partial charge on any atom is -0.263 e. The van der Waals surface area contributed by atoms with Gasteiger partial charge in [-0.2, -0.15) is 23.4 Å². The Hall–Kier alpha value is -4.63. The molecule has 0 fully saturated rings. The molecule has 0 spiro atoms. The highest BCUT2D eigenvalue weighted by molar-refractivity contribution is 6.31. The quantitative estimate of drug-likeness (QED) is 0.212. The number of nitrogens with zero attached hydrogens (tertiary/aromatic N) is 11. The van der Waals surface area contributed by atoms with Gasteiger partial charge in [0.25, 0.3) is 5.95 Å². The summed E-state index contributed by atoms with van der Waals surface area (Å²) in [4.78, 5) is 4.57. The maximum absolute atomic E-state index is 15.3. The number of rotatable bonds is 8. The Kier molecular flexibility index (Phi) is 7.20. The molecule has 0 aliphatic heterocycles. The second kappa shape index (κ2) is 11.0. The fraction of sp³-hybridized carbons (Fsp3) is 0.160. The van der Waals surface area contributed by atoms with Crippen molar-refractivity contribution in [2.75, 3.05) is 0 Å². The van der Waals surface area contributed by atoms with Gasteiger partial charge >= 0.3 is 6.55 Å². The number of halogens is 6. The van der Waals surface area contributed by atoms with Crippen LogP contribution in [-0.4, -0.2) is 54.5 Å². The topological polar surface area (TPSA) is 110 Å². The lowest BCUT2D eigenvalue weighted by molar-refractivity contribution is 0.0565. The SMILES string of the molecule is Cn1nnc(F)c1-c1cnn([C@H](Cc2cnn(C(F)F)c2)c2ccc(-c3c(-n4cc(Cl)nn4)ccc(Cl)c3F)cn2)c1. The molecule has 5 heterocycles. The van der Waals surface area contributed by atoms with Crippen molar-refractivity contribution in [2.45, 2.75) is 19.0 Å². The van der Waals surface area contributed by atoms with Crippen molar-refractivity contribution in [3.63, 3.8) is 0 Å². The molecule has 0 saturated heterocycles. The largest absolute Gasteiger partial charge is 0.333 e. The molecule has 5 aromatic heterocycles. The van der Waals surface area contributed by atoms with E-state index in [1.165, 1.54) is 58.1 Å². The first-order valence-electron chi connectivity index (χ1n) is 12.1. The Morgan fingerprint density at radius 1 is 0.857 bits per heavy atom. The molecule has 0 unspecified atom stereocenters. The second-order valence-electron chi connectivity index (χ2n) is 9.10. The van der Waals surface area contributed by atoms with Gasteiger partial charge in [0, 0.05) is 48.7 Å². The lowest BCUT2D eigenvalue weighted by Gasteiger charge is -2.18. The van der Waals surface area contributed by atoms with Gasteiger partial charge in [-0.25, -0.2) is 18.4 Å². The van der Waals surface area contributed by atoms with E-state index in [2.05, 4.69) is 35.8 Å². The average Bonchev–Trinajstić information content (AvgIpc) is 3.78. The fourth-order valence-electron chi connectivity index (χ4n) is 4.53. The minimum atomic E-state index is -2.81. The molecule has 0 N–H and O–H groups in total. The van der Waals surface area contributed by atoms with E-state index in [9.17, 15) is 13.2 Å². The number of aromatic nitrogens is 11.